The fourth-order valence-electron chi connectivity index (χ4n) is 4.17. The Morgan fingerprint density at radius 2 is 1.96 bits per heavy atom. The number of aliphatic hydroxyl groups excluding tert-OH is 1. The molecule has 2 aliphatic rings. The number of hydrogen-bond donors (Lipinski definition) is 1. The molecule has 0 atom stereocenters. The van der Waals surface area contributed by atoms with Gasteiger partial charge in [0.2, 0.25) is 5.91 Å². The summed E-state index contributed by atoms with van der Waals surface area (Å²) in [6, 6.07) is 0. The van der Waals surface area contributed by atoms with Crippen LogP contribution in [0.2, 0.25) is 0 Å². The Morgan fingerprint density at radius 3 is 2.62 bits per heavy atom. The largest absolute Gasteiger partial charge is 0.392 e. The molecule has 1 aromatic heterocycles. The van der Waals surface area contributed by atoms with Gasteiger partial charge in [-0.15, -0.1) is 0 Å². The quantitative estimate of drug-likeness (QED) is 0.901. The third kappa shape index (κ3) is 4.12. The van der Waals surface area contributed by atoms with Crippen LogP contribution in [0.5, 0.6) is 0 Å². The maximum atomic E-state index is 12.4. The Kier molecular flexibility index (Phi) is 5.82. The Morgan fingerprint density at radius 1 is 1.25 bits per heavy atom. The van der Waals surface area contributed by atoms with Gasteiger partial charge in [-0.2, -0.15) is 0 Å². The van der Waals surface area contributed by atoms with Crippen molar-refractivity contribution < 1.29 is 9.90 Å². The lowest BCUT2D eigenvalue weighted by molar-refractivity contribution is -0.132. The van der Waals surface area contributed by atoms with Gasteiger partial charge in [-0.25, -0.2) is 9.97 Å². The molecule has 1 amide bonds. The van der Waals surface area contributed by atoms with E-state index < -0.39 is 0 Å². The second-order valence-electron chi connectivity index (χ2n) is 7.33. The molecule has 1 aromatic rings. The summed E-state index contributed by atoms with van der Waals surface area (Å²) in [6.45, 7) is 3.48. The molecule has 24 heavy (non-hydrogen) atoms. The first-order chi connectivity index (χ1) is 11.7. The van der Waals surface area contributed by atoms with Crippen molar-refractivity contribution in [3.05, 3.63) is 23.3 Å². The highest BCUT2D eigenvalue weighted by atomic mass is 16.3. The number of carbonyl (C=O) groups excluding carboxylic acids is 1. The molecule has 5 nitrogen and oxygen atoms in total. The van der Waals surface area contributed by atoms with Gasteiger partial charge in [-0.1, -0.05) is 25.7 Å². The van der Waals surface area contributed by atoms with Crippen molar-refractivity contribution in [3.8, 4) is 0 Å². The average molecular weight is 331 g/mol. The van der Waals surface area contributed by atoms with Crippen LogP contribution in [0.4, 0.5) is 0 Å². The summed E-state index contributed by atoms with van der Waals surface area (Å²) in [5.41, 5.74) is 1.80. The monoisotopic (exact) mass is 331 g/mol. The third-order valence-corrected chi connectivity index (χ3v) is 5.66. The first-order valence-electron chi connectivity index (χ1n) is 9.38. The van der Waals surface area contributed by atoms with Crippen molar-refractivity contribution in [2.45, 2.75) is 70.8 Å². The summed E-state index contributed by atoms with van der Waals surface area (Å²) in [5, 5.41) is 9.51. The predicted molar refractivity (Wildman–Crippen MR) is 92.4 cm³/mol. The van der Waals surface area contributed by atoms with Crippen LogP contribution >= 0.6 is 0 Å². The van der Waals surface area contributed by atoms with Crippen LogP contribution in [0.1, 0.15) is 74.4 Å². The van der Waals surface area contributed by atoms with Crippen molar-refractivity contribution in [2.75, 3.05) is 13.1 Å². The number of likely N-dealkylation sites (tertiary alicyclic amines) is 1. The van der Waals surface area contributed by atoms with Crippen LogP contribution in [0.25, 0.3) is 0 Å². The van der Waals surface area contributed by atoms with E-state index in [1.807, 2.05) is 11.8 Å². The zero-order valence-corrected chi connectivity index (χ0v) is 14.7. The van der Waals surface area contributed by atoms with Crippen molar-refractivity contribution >= 4 is 5.91 Å². The molecule has 1 saturated carbocycles. The maximum Gasteiger partial charge on any atom is 0.222 e. The number of carbonyl (C=O) groups is 1. The number of hydrogen-bond acceptors (Lipinski definition) is 4. The Bertz CT molecular complexity index is 562. The van der Waals surface area contributed by atoms with Gasteiger partial charge in [-0.3, -0.25) is 4.79 Å². The van der Waals surface area contributed by atoms with E-state index in [-0.39, 0.29) is 6.61 Å². The average Bonchev–Trinajstić information content (AvgIpc) is 3.13. The molecule has 3 rings (SSSR count). The minimum absolute atomic E-state index is 0.0177. The lowest BCUT2D eigenvalue weighted by Crippen LogP contribution is -2.38. The van der Waals surface area contributed by atoms with E-state index in [0.29, 0.717) is 18.2 Å². The van der Waals surface area contributed by atoms with Crippen molar-refractivity contribution in [3.63, 3.8) is 0 Å². The van der Waals surface area contributed by atoms with E-state index in [4.69, 9.17) is 0 Å². The summed E-state index contributed by atoms with van der Waals surface area (Å²) >= 11 is 0. The lowest BCUT2D eigenvalue weighted by Gasteiger charge is -2.32. The van der Waals surface area contributed by atoms with Gasteiger partial charge in [0.1, 0.15) is 5.82 Å². The van der Waals surface area contributed by atoms with E-state index in [9.17, 15) is 9.90 Å². The fraction of sp³-hybridized carbons (Fsp3) is 0.737. The molecule has 132 valence electrons. The van der Waals surface area contributed by atoms with Crippen LogP contribution in [0.15, 0.2) is 6.20 Å². The van der Waals surface area contributed by atoms with E-state index in [2.05, 4.69) is 9.97 Å². The highest BCUT2D eigenvalue weighted by molar-refractivity contribution is 5.76. The van der Waals surface area contributed by atoms with Crippen LogP contribution in [-0.4, -0.2) is 39.0 Å². The zero-order valence-electron chi connectivity index (χ0n) is 14.7. The van der Waals surface area contributed by atoms with Crippen LogP contribution < -0.4 is 0 Å². The van der Waals surface area contributed by atoms with Crippen LogP contribution in [-0.2, 0) is 11.4 Å². The minimum atomic E-state index is -0.0177. The third-order valence-electron chi connectivity index (χ3n) is 5.66. The van der Waals surface area contributed by atoms with Gasteiger partial charge in [0.05, 0.1) is 12.3 Å². The second-order valence-corrected chi connectivity index (χ2v) is 7.33. The molecule has 0 radical (unpaired) electrons. The lowest BCUT2D eigenvalue weighted by atomic mass is 9.90. The first kappa shape index (κ1) is 17.3. The highest BCUT2D eigenvalue weighted by Crippen LogP contribution is 2.31. The molecule has 1 N–H and O–H groups in total. The number of aromatic nitrogens is 2. The van der Waals surface area contributed by atoms with Crippen molar-refractivity contribution in [1.82, 2.24) is 14.9 Å². The SMILES string of the molecule is Cc1ncc(CO)c(C2CCN(C(=O)CCC3CCCC3)CC2)n1. The topological polar surface area (TPSA) is 66.3 Å². The van der Waals surface area contributed by atoms with Gasteiger partial charge in [0.15, 0.2) is 0 Å². The number of piperidine rings is 1. The number of aliphatic hydroxyl groups is 1. The summed E-state index contributed by atoms with van der Waals surface area (Å²) < 4.78 is 0. The first-order valence-corrected chi connectivity index (χ1v) is 9.38. The maximum absolute atomic E-state index is 12.4. The number of rotatable bonds is 5. The Hall–Kier alpha value is -1.49. The van der Waals surface area contributed by atoms with Gasteiger partial charge in [0, 0.05) is 37.2 Å². The zero-order chi connectivity index (χ0) is 16.9. The molecule has 2 fully saturated rings. The summed E-state index contributed by atoms with van der Waals surface area (Å²) in [6.07, 6.45) is 10.7. The molecular formula is C19H29N3O2. The molecule has 1 saturated heterocycles. The molecular weight excluding hydrogens is 302 g/mol. The smallest absolute Gasteiger partial charge is 0.222 e. The minimum Gasteiger partial charge on any atom is -0.392 e. The number of aryl methyl sites for hydroxylation is 1. The fourth-order valence-corrected chi connectivity index (χ4v) is 4.17. The standard InChI is InChI=1S/C19H29N3O2/c1-14-20-12-17(13-23)19(21-14)16-8-10-22(11-9-16)18(24)7-6-15-4-2-3-5-15/h12,15-16,23H,2-11,13H2,1H3. The van der Waals surface area contributed by atoms with Gasteiger partial charge in [-0.05, 0) is 32.1 Å². The predicted octanol–water partition coefficient (Wildman–Crippen LogP) is 2.95. The van der Waals surface area contributed by atoms with Crippen molar-refractivity contribution in [2.24, 2.45) is 5.92 Å². The Labute approximate surface area is 144 Å². The second kappa shape index (κ2) is 8.06. The van der Waals surface area contributed by atoms with Crippen molar-refractivity contribution in [1.29, 1.82) is 0 Å². The molecule has 0 bridgehead atoms. The molecule has 2 heterocycles. The molecule has 0 unspecified atom stereocenters. The van der Waals surface area contributed by atoms with Crippen LogP contribution in [0, 0.1) is 12.8 Å². The van der Waals surface area contributed by atoms with E-state index in [1.165, 1.54) is 25.7 Å². The Balaban J connectivity index is 1.51. The van der Waals surface area contributed by atoms with Gasteiger partial charge >= 0.3 is 0 Å². The molecule has 0 aromatic carbocycles. The number of amides is 1. The van der Waals surface area contributed by atoms with Crippen LogP contribution in [0.3, 0.4) is 0 Å². The number of nitrogens with zero attached hydrogens (tertiary/aromatic N) is 3. The molecule has 1 aliphatic heterocycles. The normalized spacial score (nSPS) is 19.8. The summed E-state index contributed by atoms with van der Waals surface area (Å²) in [4.78, 5) is 23.2. The molecule has 0 spiro atoms. The van der Waals surface area contributed by atoms with E-state index in [0.717, 1.165) is 55.4 Å². The van der Waals surface area contributed by atoms with E-state index in [1.54, 1.807) is 6.20 Å². The summed E-state index contributed by atoms with van der Waals surface area (Å²) in [5.74, 6) is 2.18. The molecule has 5 heteroatoms. The summed E-state index contributed by atoms with van der Waals surface area (Å²) in [7, 11) is 0. The highest BCUT2D eigenvalue weighted by Gasteiger charge is 2.27. The van der Waals surface area contributed by atoms with E-state index >= 15 is 0 Å². The van der Waals surface area contributed by atoms with Gasteiger partial charge < -0.3 is 10.0 Å². The van der Waals surface area contributed by atoms with Gasteiger partial charge in [0.25, 0.3) is 0 Å². The molecule has 1 aliphatic carbocycles.